The third-order valence-corrected chi connectivity index (χ3v) is 4.30. The Bertz CT molecular complexity index is 967. The molecule has 3 nitrogen and oxygen atoms in total. The number of nitrogens with zero attached hydrogens (tertiary/aromatic N) is 1. The van der Waals surface area contributed by atoms with Crippen LogP contribution >= 0.6 is 11.6 Å². The molecular weight excluding hydrogens is 408 g/mol. The van der Waals surface area contributed by atoms with Crippen LogP contribution in [-0.4, -0.2) is 6.21 Å². The second-order valence-electron chi connectivity index (χ2n) is 6.00. The second-order valence-corrected chi connectivity index (χ2v) is 6.41. The number of nitrogens with one attached hydrogen (secondary N) is 1. The van der Waals surface area contributed by atoms with Gasteiger partial charge in [0.15, 0.2) is 0 Å². The Balaban J connectivity index is 1.55. The van der Waals surface area contributed by atoms with E-state index < -0.39 is 17.6 Å². The zero-order chi connectivity index (χ0) is 20.9. The molecule has 0 bridgehead atoms. The molecule has 8 heteroatoms. The molecule has 3 aromatic rings. The molecule has 150 valence electrons. The first-order chi connectivity index (χ1) is 13.8. The summed E-state index contributed by atoms with van der Waals surface area (Å²) in [4.78, 5) is 0. The Kier molecular flexibility index (Phi) is 6.39. The van der Waals surface area contributed by atoms with Crippen molar-refractivity contribution in [3.63, 3.8) is 0 Å². The lowest BCUT2D eigenvalue weighted by atomic mass is 10.2. The van der Waals surface area contributed by atoms with Crippen molar-refractivity contribution in [2.75, 3.05) is 5.43 Å². The number of benzene rings is 3. The Morgan fingerprint density at radius 1 is 0.966 bits per heavy atom. The largest absolute Gasteiger partial charge is 0.489 e. The lowest BCUT2D eigenvalue weighted by molar-refractivity contribution is -0.137. The Labute approximate surface area is 169 Å². The highest BCUT2D eigenvalue weighted by Gasteiger charge is 2.29. The molecule has 0 spiro atoms. The minimum Gasteiger partial charge on any atom is -0.489 e. The average molecular weight is 423 g/mol. The van der Waals surface area contributed by atoms with Crippen LogP contribution in [0.3, 0.4) is 0 Å². The Morgan fingerprint density at radius 3 is 2.28 bits per heavy atom. The van der Waals surface area contributed by atoms with Gasteiger partial charge in [0.05, 0.1) is 22.5 Å². The zero-order valence-electron chi connectivity index (χ0n) is 14.9. The maximum Gasteiger partial charge on any atom is 0.416 e. The monoisotopic (exact) mass is 422 g/mol. The van der Waals surface area contributed by atoms with Crippen molar-refractivity contribution in [2.45, 2.75) is 12.8 Å². The molecule has 0 unspecified atom stereocenters. The summed E-state index contributed by atoms with van der Waals surface area (Å²) in [5, 5.41) is 4.28. The van der Waals surface area contributed by atoms with Crippen LogP contribution in [0.2, 0.25) is 5.02 Å². The molecule has 29 heavy (non-hydrogen) atoms. The lowest BCUT2D eigenvalue weighted by Crippen LogP contribution is -2.04. The topological polar surface area (TPSA) is 33.6 Å². The smallest absolute Gasteiger partial charge is 0.416 e. The van der Waals surface area contributed by atoms with E-state index in [0.29, 0.717) is 16.5 Å². The molecule has 0 heterocycles. The van der Waals surface area contributed by atoms with E-state index in [1.54, 1.807) is 30.3 Å². The van der Waals surface area contributed by atoms with E-state index >= 15 is 0 Å². The van der Waals surface area contributed by atoms with Gasteiger partial charge in [0.2, 0.25) is 0 Å². The van der Waals surface area contributed by atoms with Gasteiger partial charge in [-0.15, -0.1) is 0 Å². The maximum absolute atomic E-state index is 13.7. The van der Waals surface area contributed by atoms with Crippen LogP contribution in [0.15, 0.2) is 71.8 Å². The van der Waals surface area contributed by atoms with Crippen LogP contribution < -0.4 is 10.2 Å². The molecule has 0 aromatic heterocycles. The van der Waals surface area contributed by atoms with Crippen molar-refractivity contribution in [3.8, 4) is 5.75 Å². The van der Waals surface area contributed by atoms with Gasteiger partial charge in [-0.2, -0.15) is 18.3 Å². The van der Waals surface area contributed by atoms with Crippen molar-refractivity contribution in [1.29, 1.82) is 0 Å². The molecule has 0 atom stereocenters. The summed E-state index contributed by atoms with van der Waals surface area (Å²) in [5.74, 6) is 0.0905. The van der Waals surface area contributed by atoms with Gasteiger partial charge in [0.25, 0.3) is 0 Å². The Morgan fingerprint density at radius 2 is 1.66 bits per heavy atom. The maximum atomic E-state index is 13.7. The van der Waals surface area contributed by atoms with Crippen molar-refractivity contribution in [2.24, 2.45) is 5.10 Å². The number of hydrogen-bond donors (Lipinski definition) is 1. The van der Waals surface area contributed by atoms with Crippen LogP contribution in [-0.2, 0) is 12.8 Å². The summed E-state index contributed by atoms with van der Waals surface area (Å²) >= 11 is 5.96. The number of anilines is 1. The summed E-state index contributed by atoms with van der Waals surface area (Å²) in [6.07, 6.45) is -2.86. The van der Waals surface area contributed by atoms with E-state index in [1.807, 2.05) is 0 Å². The van der Waals surface area contributed by atoms with Gasteiger partial charge < -0.3 is 4.74 Å². The summed E-state index contributed by atoms with van der Waals surface area (Å²) < 4.78 is 56.9. The lowest BCUT2D eigenvalue weighted by Gasteiger charge is -2.09. The summed E-state index contributed by atoms with van der Waals surface area (Å²) in [7, 11) is 0. The highest BCUT2D eigenvalue weighted by molar-refractivity contribution is 6.31. The summed E-state index contributed by atoms with van der Waals surface area (Å²) in [5.41, 5.74) is 3.38. The molecule has 0 fully saturated rings. The molecule has 3 aromatic carbocycles. The van der Waals surface area contributed by atoms with Gasteiger partial charge in [0.1, 0.15) is 18.2 Å². The minimum atomic E-state index is -4.37. The first kappa shape index (κ1) is 20.7. The van der Waals surface area contributed by atoms with Crippen molar-refractivity contribution >= 4 is 23.5 Å². The molecule has 0 aliphatic rings. The van der Waals surface area contributed by atoms with Crippen molar-refractivity contribution < 1.29 is 22.3 Å². The van der Waals surface area contributed by atoms with Crippen LogP contribution in [0.5, 0.6) is 5.75 Å². The Hall–Kier alpha value is -3.06. The van der Waals surface area contributed by atoms with Crippen LogP contribution in [0.4, 0.5) is 23.2 Å². The van der Waals surface area contributed by atoms with E-state index in [1.165, 1.54) is 30.5 Å². The second kappa shape index (κ2) is 8.96. The number of rotatable bonds is 6. The quantitative estimate of drug-likeness (QED) is 0.278. The fourth-order valence-corrected chi connectivity index (χ4v) is 2.61. The first-order valence-corrected chi connectivity index (χ1v) is 8.83. The highest BCUT2D eigenvalue weighted by atomic mass is 35.5. The van der Waals surface area contributed by atoms with E-state index in [2.05, 4.69) is 10.5 Å². The standard InChI is InChI=1S/C21H15ClF4N2O/c22-19-2-1-3-20(23)18(19)13-29-17-10-4-14(5-11-17)12-27-28-16-8-6-15(7-9-16)21(24,25)26/h1-12,28H,13H2. The number of halogens is 5. The van der Waals surface area contributed by atoms with Crippen LogP contribution in [0.25, 0.3) is 0 Å². The molecule has 0 radical (unpaired) electrons. The van der Waals surface area contributed by atoms with Gasteiger partial charge >= 0.3 is 6.18 Å². The molecule has 0 saturated heterocycles. The number of ether oxygens (including phenoxy) is 1. The van der Waals surface area contributed by atoms with Gasteiger partial charge in [-0.05, 0) is 66.2 Å². The van der Waals surface area contributed by atoms with Gasteiger partial charge in [0, 0.05) is 5.56 Å². The number of hydrazone groups is 1. The highest BCUT2D eigenvalue weighted by Crippen LogP contribution is 2.29. The SMILES string of the molecule is Fc1cccc(Cl)c1COc1ccc(C=NNc2ccc(C(F)(F)F)cc2)cc1. The molecule has 0 aliphatic carbocycles. The molecular formula is C21H15ClF4N2O. The van der Waals surface area contributed by atoms with E-state index in [0.717, 1.165) is 17.7 Å². The number of hydrogen-bond acceptors (Lipinski definition) is 3. The average Bonchev–Trinajstić information content (AvgIpc) is 2.68. The van der Waals surface area contributed by atoms with Crippen molar-refractivity contribution in [1.82, 2.24) is 0 Å². The summed E-state index contributed by atoms with van der Waals surface area (Å²) in [6.45, 7) is -0.00554. The summed E-state index contributed by atoms with van der Waals surface area (Å²) in [6, 6.07) is 15.8. The van der Waals surface area contributed by atoms with E-state index in [4.69, 9.17) is 16.3 Å². The molecule has 3 rings (SSSR count). The zero-order valence-corrected chi connectivity index (χ0v) is 15.6. The van der Waals surface area contributed by atoms with E-state index in [-0.39, 0.29) is 12.2 Å². The van der Waals surface area contributed by atoms with Gasteiger partial charge in [-0.1, -0.05) is 17.7 Å². The molecule has 0 amide bonds. The molecule has 0 saturated carbocycles. The minimum absolute atomic E-state index is 0.00554. The van der Waals surface area contributed by atoms with Crippen LogP contribution in [0.1, 0.15) is 16.7 Å². The van der Waals surface area contributed by atoms with Crippen molar-refractivity contribution in [3.05, 3.63) is 94.3 Å². The van der Waals surface area contributed by atoms with Gasteiger partial charge in [-0.3, -0.25) is 5.43 Å². The van der Waals surface area contributed by atoms with Gasteiger partial charge in [-0.25, -0.2) is 4.39 Å². The number of alkyl halides is 3. The molecule has 0 aliphatic heterocycles. The predicted octanol–water partition coefficient (Wildman–Crippen LogP) is 6.52. The fraction of sp³-hybridized carbons (Fsp3) is 0.0952. The first-order valence-electron chi connectivity index (χ1n) is 8.45. The third kappa shape index (κ3) is 5.71. The normalized spacial score (nSPS) is 11.6. The third-order valence-electron chi connectivity index (χ3n) is 3.94. The predicted molar refractivity (Wildman–Crippen MR) is 105 cm³/mol. The van der Waals surface area contributed by atoms with Crippen LogP contribution in [0, 0.1) is 5.82 Å². The fourth-order valence-electron chi connectivity index (χ4n) is 2.39. The molecule has 1 N–H and O–H groups in total. The van der Waals surface area contributed by atoms with E-state index in [9.17, 15) is 17.6 Å².